The molecule has 8 heteroatoms. The number of benzene rings is 1. The molecule has 1 amide bonds. The minimum absolute atomic E-state index is 0.0190. The average Bonchev–Trinajstić information content (AvgIpc) is 2.56. The molecule has 1 aromatic carbocycles. The topological polar surface area (TPSA) is 117 Å². The molecule has 1 aromatic rings. The molecule has 8 nitrogen and oxygen atoms in total. The summed E-state index contributed by atoms with van der Waals surface area (Å²) >= 11 is 0. The number of nitro benzene ring substituents is 1. The van der Waals surface area contributed by atoms with Crippen molar-refractivity contribution in [3.05, 3.63) is 27.8 Å². The Bertz CT molecular complexity index is 612. The number of hydrogen-bond donors (Lipinski definition) is 2. The number of nitrogens with two attached hydrogens (primary N) is 1. The highest BCUT2D eigenvalue weighted by Gasteiger charge is 2.27. The minimum atomic E-state index is -0.590. The second kappa shape index (κ2) is 7.96. The van der Waals surface area contributed by atoms with E-state index >= 15 is 0 Å². The van der Waals surface area contributed by atoms with E-state index in [2.05, 4.69) is 5.32 Å². The molecule has 1 saturated carbocycles. The van der Waals surface area contributed by atoms with Crippen LogP contribution < -0.4 is 20.5 Å². The largest absolute Gasteiger partial charge is 0.493 e. The fourth-order valence-corrected chi connectivity index (χ4v) is 2.84. The fraction of sp³-hybridized carbons (Fsp3) is 0.562. The number of methoxy groups -OCH3 is 1. The Balaban J connectivity index is 2.26. The van der Waals surface area contributed by atoms with Crippen molar-refractivity contribution in [3.63, 3.8) is 0 Å². The molecule has 0 unspecified atom stereocenters. The SMILES string of the molecule is CCOc1cc([N+](=O)[O-])c(C(=O)NC2CCC(N)CC2)cc1OC. The molecular formula is C16H23N3O5. The van der Waals surface area contributed by atoms with Crippen molar-refractivity contribution < 1.29 is 19.2 Å². The summed E-state index contributed by atoms with van der Waals surface area (Å²) < 4.78 is 10.5. The quantitative estimate of drug-likeness (QED) is 0.606. The predicted molar refractivity (Wildman–Crippen MR) is 88.5 cm³/mol. The van der Waals surface area contributed by atoms with Crippen LogP contribution in [0.3, 0.4) is 0 Å². The van der Waals surface area contributed by atoms with Gasteiger partial charge in [0.05, 0.1) is 24.7 Å². The summed E-state index contributed by atoms with van der Waals surface area (Å²) in [6.07, 6.45) is 3.21. The molecule has 0 radical (unpaired) electrons. The number of nitro groups is 1. The Labute approximate surface area is 140 Å². The molecule has 2 rings (SSSR count). The van der Waals surface area contributed by atoms with Crippen molar-refractivity contribution in [1.82, 2.24) is 5.32 Å². The van der Waals surface area contributed by atoms with Crippen LogP contribution in [0.5, 0.6) is 11.5 Å². The molecule has 0 saturated heterocycles. The van der Waals surface area contributed by atoms with Crippen LogP contribution in [0.2, 0.25) is 0 Å². The minimum Gasteiger partial charge on any atom is -0.493 e. The third-order valence-electron chi connectivity index (χ3n) is 4.13. The molecule has 24 heavy (non-hydrogen) atoms. The van der Waals surface area contributed by atoms with E-state index in [0.717, 1.165) is 25.7 Å². The van der Waals surface area contributed by atoms with Gasteiger partial charge in [-0.1, -0.05) is 0 Å². The molecule has 0 atom stereocenters. The molecule has 1 aliphatic carbocycles. The zero-order chi connectivity index (χ0) is 17.7. The number of ether oxygens (including phenoxy) is 2. The van der Waals surface area contributed by atoms with Gasteiger partial charge >= 0.3 is 0 Å². The van der Waals surface area contributed by atoms with Crippen molar-refractivity contribution in [2.75, 3.05) is 13.7 Å². The number of nitrogens with one attached hydrogen (secondary N) is 1. The van der Waals surface area contributed by atoms with Crippen LogP contribution in [0.1, 0.15) is 43.0 Å². The van der Waals surface area contributed by atoms with Crippen LogP contribution in [-0.2, 0) is 0 Å². The van der Waals surface area contributed by atoms with Gasteiger partial charge in [-0.2, -0.15) is 0 Å². The van der Waals surface area contributed by atoms with Crippen molar-refractivity contribution in [1.29, 1.82) is 0 Å². The number of nitrogens with zero attached hydrogens (tertiary/aromatic N) is 1. The summed E-state index contributed by atoms with van der Waals surface area (Å²) in [6, 6.07) is 2.73. The molecule has 0 bridgehead atoms. The number of amides is 1. The lowest BCUT2D eigenvalue weighted by Gasteiger charge is -2.26. The van der Waals surface area contributed by atoms with E-state index in [4.69, 9.17) is 15.2 Å². The van der Waals surface area contributed by atoms with E-state index in [1.807, 2.05) is 0 Å². The molecule has 1 aliphatic rings. The van der Waals surface area contributed by atoms with Gasteiger partial charge in [-0.25, -0.2) is 0 Å². The van der Waals surface area contributed by atoms with Crippen LogP contribution in [0.25, 0.3) is 0 Å². The van der Waals surface area contributed by atoms with Gasteiger partial charge < -0.3 is 20.5 Å². The number of hydrogen-bond acceptors (Lipinski definition) is 6. The smallest absolute Gasteiger partial charge is 0.286 e. The first-order valence-electron chi connectivity index (χ1n) is 8.01. The number of rotatable bonds is 6. The lowest BCUT2D eigenvalue weighted by molar-refractivity contribution is -0.385. The van der Waals surface area contributed by atoms with Gasteiger partial charge in [-0.05, 0) is 32.6 Å². The zero-order valence-electron chi connectivity index (χ0n) is 13.9. The number of carbonyl (C=O) groups excluding carboxylic acids is 1. The van der Waals surface area contributed by atoms with E-state index in [-0.39, 0.29) is 29.1 Å². The molecule has 1 fully saturated rings. The van der Waals surface area contributed by atoms with Gasteiger partial charge in [0, 0.05) is 18.2 Å². The predicted octanol–water partition coefficient (Wildman–Crippen LogP) is 2.00. The van der Waals surface area contributed by atoms with Gasteiger partial charge in [0.2, 0.25) is 0 Å². The van der Waals surface area contributed by atoms with Crippen molar-refractivity contribution >= 4 is 11.6 Å². The lowest BCUT2D eigenvalue weighted by atomic mass is 9.91. The third-order valence-corrected chi connectivity index (χ3v) is 4.13. The van der Waals surface area contributed by atoms with E-state index in [9.17, 15) is 14.9 Å². The highest BCUT2D eigenvalue weighted by Crippen LogP contribution is 2.35. The summed E-state index contributed by atoms with van der Waals surface area (Å²) in [5.41, 5.74) is 5.52. The Morgan fingerprint density at radius 3 is 2.54 bits per heavy atom. The van der Waals surface area contributed by atoms with Gasteiger partial charge in [-0.15, -0.1) is 0 Å². The van der Waals surface area contributed by atoms with Crippen LogP contribution >= 0.6 is 0 Å². The highest BCUT2D eigenvalue weighted by atomic mass is 16.6. The maximum atomic E-state index is 12.5. The van der Waals surface area contributed by atoms with E-state index < -0.39 is 10.8 Å². The van der Waals surface area contributed by atoms with Gasteiger partial charge in [0.1, 0.15) is 5.56 Å². The molecule has 0 spiro atoms. The summed E-state index contributed by atoms with van der Waals surface area (Å²) in [6.45, 7) is 2.10. The van der Waals surface area contributed by atoms with Crippen molar-refractivity contribution in [2.45, 2.75) is 44.7 Å². The van der Waals surface area contributed by atoms with Crippen LogP contribution in [0.15, 0.2) is 12.1 Å². The first kappa shape index (κ1) is 18.0. The molecular weight excluding hydrogens is 314 g/mol. The second-order valence-corrected chi connectivity index (χ2v) is 5.80. The normalized spacial score (nSPS) is 20.3. The van der Waals surface area contributed by atoms with E-state index in [1.54, 1.807) is 6.92 Å². The summed E-state index contributed by atoms with van der Waals surface area (Å²) in [5.74, 6) is 0.0497. The zero-order valence-corrected chi connectivity index (χ0v) is 13.9. The standard InChI is InChI=1S/C16H23N3O5/c1-3-24-15-9-13(19(21)22)12(8-14(15)23-2)16(20)18-11-6-4-10(17)5-7-11/h8-11H,3-7,17H2,1-2H3,(H,18,20). The summed E-state index contributed by atoms with van der Waals surface area (Å²) in [5, 5.41) is 14.2. The van der Waals surface area contributed by atoms with Gasteiger partial charge in [-0.3, -0.25) is 14.9 Å². The Morgan fingerprint density at radius 2 is 2.00 bits per heavy atom. The molecule has 3 N–H and O–H groups in total. The van der Waals surface area contributed by atoms with Gasteiger partial charge in [0.25, 0.3) is 11.6 Å². The Morgan fingerprint density at radius 1 is 1.33 bits per heavy atom. The Kier molecular flexibility index (Phi) is 5.97. The average molecular weight is 337 g/mol. The highest BCUT2D eigenvalue weighted by molar-refractivity contribution is 5.99. The van der Waals surface area contributed by atoms with Crippen LogP contribution in [0.4, 0.5) is 5.69 Å². The summed E-state index contributed by atoms with van der Waals surface area (Å²) in [4.78, 5) is 23.3. The van der Waals surface area contributed by atoms with E-state index in [0.29, 0.717) is 12.4 Å². The monoisotopic (exact) mass is 337 g/mol. The summed E-state index contributed by atoms with van der Waals surface area (Å²) in [7, 11) is 1.42. The first-order chi connectivity index (χ1) is 11.5. The maximum absolute atomic E-state index is 12.5. The molecule has 0 heterocycles. The van der Waals surface area contributed by atoms with E-state index in [1.165, 1.54) is 19.2 Å². The fourth-order valence-electron chi connectivity index (χ4n) is 2.84. The Hall–Kier alpha value is -2.35. The molecule has 0 aromatic heterocycles. The molecule has 132 valence electrons. The first-order valence-corrected chi connectivity index (χ1v) is 8.01. The van der Waals surface area contributed by atoms with Crippen LogP contribution in [-0.4, -0.2) is 36.6 Å². The lowest BCUT2D eigenvalue weighted by Crippen LogP contribution is -2.40. The van der Waals surface area contributed by atoms with Crippen molar-refractivity contribution in [3.8, 4) is 11.5 Å². The maximum Gasteiger partial charge on any atom is 0.286 e. The third kappa shape index (κ3) is 4.14. The number of carbonyl (C=O) groups is 1. The van der Waals surface area contributed by atoms with Crippen LogP contribution in [0, 0.1) is 10.1 Å². The second-order valence-electron chi connectivity index (χ2n) is 5.80. The van der Waals surface area contributed by atoms with Crippen molar-refractivity contribution in [2.24, 2.45) is 5.73 Å². The van der Waals surface area contributed by atoms with Gasteiger partial charge in [0.15, 0.2) is 11.5 Å². The molecule has 0 aliphatic heterocycles.